The van der Waals surface area contributed by atoms with Crippen LogP contribution >= 0.6 is 11.3 Å². The predicted molar refractivity (Wildman–Crippen MR) is 112 cm³/mol. The first-order chi connectivity index (χ1) is 13.9. The summed E-state index contributed by atoms with van der Waals surface area (Å²) in [5, 5.41) is 16.0. The first-order valence-electron chi connectivity index (χ1n) is 8.16. The van der Waals surface area contributed by atoms with Gasteiger partial charge < -0.3 is 20.1 Å². The van der Waals surface area contributed by atoms with Crippen molar-refractivity contribution in [1.29, 1.82) is 0 Å². The van der Waals surface area contributed by atoms with Crippen molar-refractivity contribution in [2.75, 3.05) is 0 Å². The fourth-order valence-corrected chi connectivity index (χ4v) is 3.25. The molecule has 10 heteroatoms. The van der Waals surface area contributed by atoms with Crippen molar-refractivity contribution in [3.63, 3.8) is 0 Å². The number of thiazole rings is 1. The van der Waals surface area contributed by atoms with Crippen LogP contribution in [0.25, 0.3) is 5.70 Å². The molecule has 1 heterocycles. The number of aromatic nitrogens is 1. The van der Waals surface area contributed by atoms with E-state index in [9.17, 15) is 9.35 Å². The Kier molecular flexibility index (Phi) is 6.62. The Hall–Kier alpha value is -3.18. The number of aliphatic imine (C=N–C) groups is 1. The summed E-state index contributed by atoms with van der Waals surface area (Å²) in [5.41, 5.74) is 7.23. The number of carbonyl (C=O) groups is 1. The number of rotatable bonds is 7. The standard InChI is InChI=1S/C19H16N4O4S2/c20-17(12-4-2-1-3-5-12)16(10-22-19-23-15(11-28-19)18(24)25)27-13-6-8-14(9-7-13)29(21)26/h1-11H,20-21H2,(H,24,25). The Morgan fingerprint density at radius 2 is 1.90 bits per heavy atom. The van der Waals surface area contributed by atoms with Gasteiger partial charge >= 0.3 is 5.97 Å². The highest BCUT2D eigenvalue weighted by atomic mass is 32.2. The number of ether oxygens (including phenoxy) is 1. The second-order valence-electron chi connectivity index (χ2n) is 5.59. The van der Waals surface area contributed by atoms with E-state index < -0.39 is 17.3 Å². The van der Waals surface area contributed by atoms with Crippen LogP contribution in [0.1, 0.15) is 16.1 Å². The number of hydrogen-bond donors (Lipinski definition) is 3. The third-order valence-electron chi connectivity index (χ3n) is 3.64. The van der Waals surface area contributed by atoms with Gasteiger partial charge in [-0.2, -0.15) is 0 Å². The Balaban J connectivity index is 1.93. The summed E-state index contributed by atoms with van der Waals surface area (Å²) in [6, 6.07) is 15.6. The van der Waals surface area contributed by atoms with Gasteiger partial charge in [-0.25, -0.2) is 14.8 Å². The maximum atomic E-state index is 11.3. The van der Waals surface area contributed by atoms with Gasteiger partial charge in [0.15, 0.2) is 16.3 Å². The van der Waals surface area contributed by atoms with Crippen LogP contribution in [0.15, 0.2) is 75.6 Å². The molecular formula is C19H16N4O4S2. The van der Waals surface area contributed by atoms with Gasteiger partial charge in [0.1, 0.15) is 5.75 Å². The van der Waals surface area contributed by atoms with Crippen molar-refractivity contribution in [2.45, 2.75) is 4.90 Å². The van der Waals surface area contributed by atoms with Crippen molar-refractivity contribution in [3.8, 4) is 5.75 Å². The van der Waals surface area contributed by atoms with Gasteiger partial charge in [0.2, 0.25) is 5.13 Å². The highest BCUT2D eigenvalue weighted by molar-refractivity contribution is 7.89. The lowest BCUT2D eigenvalue weighted by Gasteiger charge is -2.11. The third kappa shape index (κ3) is 5.42. The first kappa shape index (κ1) is 20.6. The number of aromatic carboxylic acids is 1. The number of allylic oxidation sites excluding steroid dienone is 1. The average molecular weight is 428 g/mol. The molecule has 2 aromatic carbocycles. The largest absolute Gasteiger partial charge is 0.593 e. The topological polar surface area (TPSA) is 147 Å². The fourth-order valence-electron chi connectivity index (χ4n) is 2.22. The van der Waals surface area contributed by atoms with Gasteiger partial charge in [0.05, 0.1) is 23.3 Å². The van der Waals surface area contributed by atoms with Crippen molar-refractivity contribution in [1.82, 2.24) is 4.98 Å². The molecule has 0 aliphatic heterocycles. The zero-order valence-electron chi connectivity index (χ0n) is 14.9. The molecule has 1 atom stereocenters. The number of hydrogen-bond acceptors (Lipinski definition) is 8. The van der Waals surface area contributed by atoms with E-state index in [4.69, 9.17) is 20.7 Å². The zero-order valence-corrected chi connectivity index (χ0v) is 16.5. The smallest absolute Gasteiger partial charge is 0.355 e. The minimum absolute atomic E-state index is 0.0880. The quantitative estimate of drug-likeness (QED) is 0.298. The lowest BCUT2D eigenvalue weighted by molar-refractivity contribution is 0.0691. The molecular weight excluding hydrogens is 412 g/mol. The summed E-state index contributed by atoms with van der Waals surface area (Å²) in [6.07, 6.45) is 1.38. The van der Waals surface area contributed by atoms with E-state index in [1.807, 2.05) is 30.3 Å². The Morgan fingerprint density at radius 1 is 1.21 bits per heavy atom. The molecule has 0 fully saturated rings. The Labute approximate surface area is 173 Å². The van der Waals surface area contributed by atoms with E-state index in [1.54, 1.807) is 24.3 Å². The summed E-state index contributed by atoms with van der Waals surface area (Å²) in [5.74, 6) is -0.453. The summed E-state index contributed by atoms with van der Waals surface area (Å²) in [6.45, 7) is 0. The predicted octanol–water partition coefficient (Wildman–Crippen LogP) is 2.93. The molecule has 1 aromatic heterocycles. The molecule has 5 N–H and O–H groups in total. The molecule has 3 aromatic rings. The van der Waals surface area contributed by atoms with Crippen LogP contribution in [0.3, 0.4) is 0 Å². The molecule has 0 aliphatic rings. The Bertz CT molecular complexity index is 1050. The molecule has 0 bridgehead atoms. The van der Waals surface area contributed by atoms with Crippen molar-refractivity contribution in [2.24, 2.45) is 15.9 Å². The zero-order chi connectivity index (χ0) is 20.8. The molecule has 0 radical (unpaired) electrons. The highest BCUT2D eigenvalue weighted by Gasteiger charge is 2.11. The molecule has 3 rings (SSSR count). The van der Waals surface area contributed by atoms with Crippen LogP contribution in [0.4, 0.5) is 5.13 Å². The first-order valence-corrected chi connectivity index (χ1v) is 10.3. The summed E-state index contributed by atoms with van der Waals surface area (Å²) in [7, 11) is 0. The number of nitrogens with zero attached hydrogens (tertiary/aromatic N) is 2. The molecule has 0 amide bonds. The molecule has 1 unspecified atom stereocenters. The fraction of sp³-hybridized carbons (Fsp3) is 0. The lowest BCUT2D eigenvalue weighted by Crippen LogP contribution is -2.12. The average Bonchev–Trinajstić information content (AvgIpc) is 3.21. The van der Waals surface area contributed by atoms with E-state index in [0.29, 0.717) is 16.3 Å². The SMILES string of the molecule is NC(=C(C=Nc1nc(C(=O)O)cs1)Oc1ccc([S+](N)[O-])cc1)c1ccccc1. The lowest BCUT2D eigenvalue weighted by atomic mass is 10.1. The Morgan fingerprint density at radius 3 is 2.48 bits per heavy atom. The summed E-state index contributed by atoms with van der Waals surface area (Å²) >= 11 is -0.509. The highest BCUT2D eigenvalue weighted by Crippen LogP contribution is 2.22. The summed E-state index contributed by atoms with van der Waals surface area (Å²) < 4.78 is 17.2. The summed E-state index contributed by atoms with van der Waals surface area (Å²) in [4.78, 5) is 19.5. The number of carboxylic acids is 1. The number of benzene rings is 2. The van der Waals surface area contributed by atoms with Crippen molar-refractivity contribution >= 4 is 45.7 Å². The number of carboxylic acid groups (broad SMARTS) is 1. The maximum Gasteiger partial charge on any atom is 0.355 e. The van der Waals surface area contributed by atoms with Crippen LogP contribution < -0.4 is 15.6 Å². The minimum Gasteiger partial charge on any atom is -0.593 e. The normalized spacial score (nSPS) is 13.2. The van der Waals surface area contributed by atoms with E-state index in [-0.39, 0.29) is 16.6 Å². The van der Waals surface area contributed by atoms with Gasteiger partial charge in [0.25, 0.3) is 0 Å². The van der Waals surface area contributed by atoms with Gasteiger partial charge in [-0.05, 0) is 24.3 Å². The van der Waals surface area contributed by atoms with E-state index >= 15 is 0 Å². The molecule has 0 aliphatic carbocycles. The van der Waals surface area contributed by atoms with Crippen LogP contribution in [0.5, 0.6) is 5.75 Å². The van der Waals surface area contributed by atoms with Crippen LogP contribution in [-0.2, 0) is 11.4 Å². The molecule has 0 saturated carbocycles. The van der Waals surface area contributed by atoms with E-state index in [2.05, 4.69) is 9.98 Å². The molecule has 29 heavy (non-hydrogen) atoms. The van der Waals surface area contributed by atoms with Gasteiger partial charge in [0, 0.05) is 10.9 Å². The van der Waals surface area contributed by atoms with Crippen LogP contribution in [0.2, 0.25) is 0 Å². The molecule has 8 nitrogen and oxygen atoms in total. The second-order valence-corrected chi connectivity index (χ2v) is 7.50. The minimum atomic E-state index is -1.59. The van der Waals surface area contributed by atoms with Crippen LogP contribution in [0, 0.1) is 0 Å². The third-order valence-corrected chi connectivity index (χ3v) is 5.12. The van der Waals surface area contributed by atoms with Crippen molar-refractivity contribution in [3.05, 3.63) is 77.0 Å². The molecule has 148 valence electrons. The molecule has 0 spiro atoms. The second kappa shape index (κ2) is 9.34. The van der Waals surface area contributed by atoms with Gasteiger partial charge in [-0.3, -0.25) is 0 Å². The van der Waals surface area contributed by atoms with Crippen molar-refractivity contribution < 1.29 is 19.2 Å². The van der Waals surface area contributed by atoms with Gasteiger partial charge in [-0.1, -0.05) is 30.3 Å². The monoisotopic (exact) mass is 428 g/mol. The van der Waals surface area contributed by atoms with Gasteiger partial charge in [-0.15, -0.1) is 16.5 Å². The number of nitrogens with two attached hydrogens (primary N) is 2. The van der Waals surface area contributed by atoms with E-state index in [1.165, 1.54) is 11.6 Å². The maximum absolute atomic E-state index is 11.3. The van der Waals surface area contributed by atoms with Crippen LogP contribution in [-0.4, -0.2) is 26.8 Å². The molecule has 0 saturated heterocycles. The van der Waals surface area contributed by atoms with E-state index in [0.717, 1.165) is 16.9 Å².